The Kier molecular flexibility index (Phi) is 3.91. The zero-order chi connectivity index (χ0) is 14.8. The van der Waals surface area contributed by atoms with Crippen LogP contribution in [0.1, 0.15) is 16.1 Å². The summed E-state index contributed by atoms with van der Waals surface area (Å²) >= 11 is 0. The van der Waals surface area contributed by atoms with Gasteiger partial charge in [0.05, 0.1) is 7.11 Å². The standard InChI is InChI=1S/C9H5F6NO3/c1-18-7-4(3-17)5(19-9(13,14)15)2-6(16-7)8(10,11)12/h2-3H,1H3. The summed E-state index contributed by atoms with van der Waals surface area (Å²) in [6, 6.07) is -0.0280. The van der Waals surface area contributed by atoms with Crippen molar-refractivity contribution in [1.82, 2.24) is 4.98 Å². The first-order chi connectivity index (χ1) is 8.58. The number of carbonyl (C=O) groups excluding carboxylic acids is 1. The van der Waals surface area contributed by atoms with Crippen molar-refractivity contribution >= 4 is 6.29 Å². The van der Waals surface area contributed by atoms with Crippen LogP contribution < -0.4 is 9.47 Å². The number of halogens is 6. The van der Waals surface area contributed by atoms with Crippen LogP contribution in [0, 0.1) is 0 Å². The van der Waals surface area contributed by atoms with E-state index in [1.54, 1.807) is 0 Å². The third kappa shape index (κ3) is 3.73. The molecule has 0 fully saturated rings. The summed E-state index contributed by atoms with van der Waals surface area (Å²) in [5, 5.41) is 0. The Morgan fingerprint density at radius 1 is 1.21 bits per heavy atom. The number of pyridine rings is 1. The highest BCUT2D eigenvalue weighted by Gasteiger charge is 2.38. The van der Waals surface area contributed by atoms with Crippen molar-refractivity contribution in [2.45, 2.75) is 12.5 Å². The highest BCUT2D eigenvalue weighted by Crippen LogP contribution is 2.36. The van der Waals surface area contributed by atoms with E-state index < -0.39 is 35.4 Å². The van der Waals surface area contributed by atoms with Gasteiger partial charge in [-0.25, -0.2) is 4.98 Å². The molecular weight excluding hydrogens is 284 g/mol. The summed E-state index contributed by atoms with van der Waals surface area (Å²) in [6.45, 7) is 0. The Balaban J connectivity index is 3.44. The van der Waals surface area contributed by atoms with Crippen LogP contribution in [-0.4, -0.2) is 24.7 Å². The van der Waals surface area contributed by atoms with Gasteiger partial charge in [0.25, 0.3) is 0 Å². The molecule has 1 aromatic rings. The lowest BCUT2D eigenvalue weighted by Gasteiger charge is -2.15. The molecule has 0 radical (unpaired) electrons. The van der Waals surface area contributed by atoms with Gasteiger partial charge in [-0.3, -0.25) is 4.79 Å². The first-order valence-electron chi connectivity index (χ1n) is 4.45. The van der Waals surface area contributed by atoms with Gasteiger partial charge in [0, 0.05) is 6.07 Å². The van der Waals surface area contributed by atoms with Crippen molar-refractivity contribution in [3.63, 3.8) is 0 Å². The molecule has 0 atom stereocenters. The summed E-state index contributed by atoms with van der Waals surface area (Å²) in [5.74, 6) is -2.24. The topological polar surface area (TPSA) is 48.4 Å². The minimum atomic E-state index is -5.26. The molecule has 1 heterocycles. The molecule has 0 N–H and O–H groups in total. The molecule has 1 rings (SSSR count). The van der Waals surface area contributed by atoms with Crippen molar-refractivity contribution in [2.24, 2.45) is 0 Å². The highest BCUT2D eigenvalue weighted by molar-refractivity contribution is 5.82. The molecule has 106 valence electrons. The van der Waals surface area contributed by atoms with Gasteiger partial charge >= 0.3 is 12.5 Å². The summed E-state index contributed by atoms with van der Waals surface area (Å²) in [7, 11) is 0.854. The van der Waals surface area contributed by atoms with Crippen LogP contribution in [0.3, 0.4) is 0 Å². The first kappa shape index (κ1) is 15.1. The lowest BCUT2D eigenvalue weighted by Crippen LogP contribution is -2.20. The molecule has 0 spiro atoms. The number of rotatable bonds is 3. The summed E-state index contributed by atoms with van der Waals surface area (Å²) < 4.78 is 81.0. The van der Waals surface area contributed by atoms with Gasteiger partial charge in [0.1, 0.15) is 11.3 Å². The molecular formula is C9H5F6NO3. The Labute approximate surface area is 101 Å². The number of aldehydes is 1. The van der Waals surface area contributed by atoms with Crippen LogP contribution in [-0.2, 0) is 6.18 Å². The molecule has 0 amide bonds. The fraction of sp³-hybridized carbons (Fsp3) is 0.333. The maximum atomic E-state index is 12.4. The fourth-order valence-corrected chi connectivity index (χ4v) is 1.13. The second-order valence-electron chi connectivity index (χ2n) is 3.09. The fourth-order valence-electron chi connectivity index (χ4n) is 1.13. The van der Waals surface area contributed by atoms with E-state index in [2.05, 4.69) is 14.5 Å². The molecule has 0 aromatic carbocycles. The van der Waals surface area contributed by atoms with E-state index in [0.29, 0.717) is 0 Å². The van der Waals surface area contributed by atoms with Crippen molar-refractivity contribution in [1.29, 1.82) is 0 Å². The molecule has 0 unspecified atom stereocenters. The molecule has 1 aromatic heterocycles. The van der Waals surface area contributed by atoms with Gasteiger partial charge in [-0.1, -0.05) is 0 Å². The van der Waals surface area contributed by atoms with Crippen LogP contribution in [0.15, 0.2) is 6.07 Å². The molecule has 0 aliphatic carbocycles. The van der Waals surface area contributed by atoms with Crippen molar-refractivity contribution in [3.05, 3.63) is 17.3 Å². The van der Waals surface area contributed by atoms with E-state index in [1.165, 1.54) is 0 Å². The van der Waals surface area contributed by atoms with Gasteiger partial charge in [0.15, 0.2) is 12.0 Å². The average molecular weight is 289 g/mol. The monoisotopic (exact) mass is 289 g/mol. The minimum absolute atomic E-state index is 0.0280. The molecule has 10 heteroatoms. The van der Waals surface area contributed by atoms with Crippen LogP contribution in [0.5, 0.6) is 11.6 Å². The van der Waals surface area contributed by atoms with E-state index in [4.69, 9.17) is 0 Å². The Morgan fingerprint density at radius 2 is 1.79 bits per heavy atom. The largest absolute Gasteiger partial charge is 0.573 e. The van der Waals surface area contributed by atoms with Gasteiger partial charge in [0.2, 0.25) is 5.88 Å². The number of hydrogen-bond donors (Lipinski definition) is 0. The van der Waals surface area contributed by atoms with Crippen LogP contribution in [0.25, 0.3) is 0 Å². The van der Waals surface area contributed by atoms with Gasteiger partial charge in [-0.15, -0.1) is 13.2 Å². The number of alkyl halides is 6. The Hall–Kier alpha value is -2.00. The average Bonchev–Trinajstić information content (AvgIpc) is 2.24. The van der Waals surface area contributed by atoms with E-state index >= 15 is 0 Å². The minimum Gasteiger partial charge on any atom is -0.480 e. The smallest absolute Gasteiger partial charge is 0.480 e. The molecule has 19 heavy (non-hydrogen) atoms. The van der Waals surface area contributed by atoms with E-state index in [-0.39, 0.29) is 12.4 Å². The summed E-state index contributed by atoms with van der Waals surface area (Å²) in [6.07, 6.45) is -10.4. The van der Waals surface area contributed by atoms with Gasteiger partial charge < -0.3 is 9.47 Å². The highest BCUT2D eigenvalue weighted by atomic mass is 19.4. The lowest BCUT2D eigenvalue weighted by molar-refractivity contribution is -0.274. The summed E-state index contributed by atoms with van der Waals surface area (Å²) in [4.78, 5) is 13.5. The molecule has 0 saturated carbocycles. The second kappa shape index (κ2) is 4.94. The van der Waals surface area contributed by atoms with Gasteiger partial charge in [-0.05, 0) is 0 Å². The quantitative estimate of drug-likeness (QED) is 0.634. The summed E-state index contributed by atoms with van der Waals surface area (Å²) in [5.41, 5.74) is -2.54. The molecule has 4 nitrogen and oxygen atoms in total. The molecule has 0 aliphatic rings. The second-order valence-corrected chi connectivity index (χ2v) is 3.09. The molecule has 0 bridgehead atoms. The van der Waals surface area contributed by atoms with E-state index in [1.807, 2.05) is 0 Å². The lowest BCUT2D eigenvalue weighted by atomic mass is 10.2. The SMILES string of the molecule is COc1nc(C(F)(F)F)cc(OC(F)(F)F)c1C=O. The number of aromatic nitrogens is 1. The van der Waals surface area contributed by atoms with Crippen molar-refractivity contribution < 1.29 is 40.6 Å². The number of carbonyl (C=O) groups is 1. The molecule has 0 saturated heterocycles. The molecule has 0 aliphatic heterocycles. The number of hydrogen-bond acceptors (Lipinski definition) is 4. The Morgan fingerprint density at radius 3 is 2.16 bits per heavy atom. The van der Waals surface area contributed by atoms with Crippen LogP contribution in [0.4, 0.5) is 26.3 Å². The maximum Gasteiger partial charge on any atom is 0.573 e. The van der Waals surface area contributed by atoms with Crippen molar-refractivity contribution in [3.8, 4) is 11.6 Å². The predicted molar refractivity (Wildman–Crippen MR) is 47.9 cm³/mol. The number of nitrogens with zero attached hydrogens (tertiary/aromatic N) is 1. The Bertz CT molecular complexity index is 482. The third-order valence-corrected chi connectivity index (χ3v) is 1.81. The number of ether oxygens (including phenoxy) is 2. The van der Waals surface area contributed by atoms with Crippen LogP contribution >= 0.6 is 0 Å². The normalized spacial score (nSPS) is 12.2. The van der Waals surface area contributed by atoms with E-state index in [0.717, 1.165) is 7.11 Å². The van der Waals surface area contributed by atoms with E-state index in [9.17, 15) is 31.1 Å². The maximum absolute atomic E-state index is 12.4. The third-order valence-electron chi connectivity index (χ3n) is 1.81. The zero-order valence-electron chi connectivity index (χ0n) is 9.09. The van der Waals surface area contributed by atoms with Gasteiger partial charge in [-0.2, -0.15) is 13.2 Å². The zero-order valence-corrected chi connectivity index (χ0v) is 9.09. The first-order valence-corrected chi connectivity index (χ1v) is 4.45. The predicted octanol–water partition coefficient (Wildman–Crippen LogP) is 2.82. The number of methoxy groups -OCH3 is 1. The van der Waals surface area contributed by atoms with Crippen LogP contribution in [0.2, 0.25) is 0 Å². The van der Waals surface area contributed by atoms with Crippen molar-refractivity contribution in [2.75, 3.05) is 7.11 Å².